The Labute approximate surface area is 132 Å². The second-order valence-electron chi connectivity index (χ2n) is 8.95. The molecule has 0 amide bonds. The molecule has 122 valence electrons. The Morgan fingerprint density at radius 2 is 1.73 bits per heavy atom. The van der Waals surface area contributed by atoms with Gasteiger partial charge < -0.3 is 5.11 Å². The van der Waals surface area contributed by atoms with Crippen molar-refractivity contribution >= 4 is 11.6 Å². The molecule has 0 spiro atoms. The van der Waals surface area contributed by atoms with Crippen LogP contribution in [0.3, 0.4) is 0 Å². The normalized spacial score (nSPS) is 54.6. The molecule has 0 radical (unpaired) electrons. The smallest absolute Gasteiger partial charge is 0.139 e. The van der Waals surface area contributed by atoms with E-state index in [1.54, 1.807) is 0 Å². The maximum absolute atomic E-state index is 12.4. The third-order valence-corrected chi connectivity index (χ3v) is 8.38. The summed E-state index contributed by atoms with van der Waals surface area (Å²) in [5.41, 5.74) is -0.979. The monoisotopic (exact) mass is 304 g/mol. The van der Waals surface area contributed by atoms with Crippen molar-refractivity contribution in [3.05, 3.63) is 0 Å². The fourth-order valence-electron chi connectivity index (χ4n) is 6.76. The van der Waals surface area contributed by atoms with Gasteiger partial charge in [0.05, 0.1) is 5.60 Å². The molecule has 2 unspecified atom stereocenters. The number of fused-ring (bicyclic) bond motifs is 5. The van der Waals surface area contributed by atoms with Crippen molar-refractivity contribution in [1.82, 2.24) is 0 Å². The number of carbonyl (C=O) groups is 2. The van der Waals surface area contributed by atoms with Crippen LogP contribution >= 0.6 is 0 Å². The molecule has 0 aromatic rings. The lowest BCUT2D eigenvalue weighted by molar-refractivity contribution is -0.228. The van der Waals surface area contributed by atoms with Crippen LogP contribution in [0.25, 0.3) is 0 Å². The summed E-state index contributed by atoms with van der Waals surface area (Å²) >= 11 is 0. The van der Waals surface area contributed by atoms with Gasteiger partial charge in [-0.1, -0.05) is 13.8 Å². The van der Waals surface area contributed by atoms with Gasteiger partial charge in [-0.15, -0.1) is 0 Å². The second-order valence-corrected chi connectivity index (χ2v) is 8.95. The quantitative estimate of drug-likeness (QED) is 0.747. The number of carbonyl (C=O) groups excluding carboxylic acids is 2. The number of hydrogen-bond donors (Lipinski definition) is 1. The van der Waals surface area contributed by atoms with E-state index in [1.807, 2.05) is 0 Å². The molecule has 0 heterocycles. The number of rotatable bonds is 0. The fraction of sp³-hybridized carbons (Fsp3) is 0.895. The Bertz CT molecular complexity index is 541. The van der Waals surface area contributed by atoms with Crippen LogP contribution in [0.4, 0.5) is 0 Å². The zero-order valence-electron chi connectivity index (χ0n) is 13.9. The summed E-state index contributed by atoms with van der Waals surface area (Å²) in [6.07, 6.45) is 7.41. The van der Waals surface area contributed by atoms with E-state index >= 15 is 0 Å². The highest BCUT2D eigenvalue weighted by Crippen LogP contribution is 2.66. The SMILES string of the molecule is C[C@]12CCC(=O)C[C@@H]1CCC1C3CCC(=O)[C@@]3(C)CC[C@@]12O. The minimum atomic E-state index is -0.661. The fourth-order valence-corrected chi connectivity index (χ4v) is 6.76. The van der Waals surface area contributed by atoms with Gasteiger partial charge in [-0.3, -0.25) is 9.59 Å². The van der Waals surface area contributed by atoms with Crippen LogP contribution in [-0.2, 0) is 9.59 Å². The van der Waals surface area contributed by atoms with E-state index in [2.05, 4.69) is 13.8 Å². The lowest BCUT2D eigenvalue weighted by atomic mass is 9.43. The van der Waals surface area contributed by atoms with Gasteiger partial charge in [0.15, 0.2) is 0 Å². The van der Waals surface area contributed by atoms with Gasteiger partial charge in [-0.25, -0.2) is 0 Å². The summed E-state index contributed by atoms with van der Waals surface area (Å²) in [5.74, 6) is 1.75. The Morgan fingerprint density at radius 3 is 2.50 bits per heavy atom. The number of ketones is 2. The number of Topliss-reactive ketones (excluding diaryl/α,β-unsaturated/α-hetero) is 2. The van der Waals surface area contributed by atoms with Gasteiger partial charge in [0.25, 0.3) is 0 Å². The zero-order valence-corrected chi connectivity index (χ0v) is 13.9. The summed E-state index contributed by atoms with van der Waals surface area (Å²) in [7, 11) is 0. The minimum Gasteiger partial charge on any atom is -0.389 e. The molecule has 0 aromatic heterocycles. The van der Waals surface area contributed by atoms with Crippen molar-refractivity contribution < 1.29 is 14.7 Å². The number of aliphatic hydroxyl groups is 1. The van der Waals surface area contributed by atoms with Gasteiger partial charge in [0.1, 0.15) is 11.6 Å². The average molecular weight is 304 g/mol. The Kier molecular flexibility index (Phi) is 3.00. The van der Waals surface area contributed by atoms with Crippen molar-refractivity contribution in [3.8, 4) is 0 Å². The predicted molar refractivity (Wildman–Crippen MR) is 83.2 cm³/mol. The summed E-state index contributed by atoms with van der Waals surface area (Å²) in [5, 5.41) is 11.8. The predicted octanol–water partition coefficient (Wildman–Crippen LogP) is 3.28. The molecule has 3 heteroatoms. The van der Waals surface area contributed by atoms with Gasteiger partial charge in [-0.2, -0.15) is 0 Å². The molecule has 4 fully saturated rings. The van der Waals surface area contributed by atoms with Gasteiger partial charge in [0.2, 0.25) is 0 Å². The van der Waals surface area contributed by atoms with Crippen molar-refractivity contribution in [2.24, 2.45) is 28.6 Å². The molecule has 4 saturated carbocycles. The van der Waals surface area contributed by atoms with Crippen LogP contribution < -0.4 is 0 Å². The van der Waals surface area contributed by atoms with Crippen LogP contribution in [-0.4, -0.2) is 22.3 Å². The number of hydrogen-bond acceptors (Lipinski definition) is 3. The standard InChI is InChI=1S/C19H28O3/c1-17-9-10-19(22)15(14(17)5-6-16(17)21)4-3-12-11-13(20)7-8-18(12,19)2/h12,14-15,22H,3-11H2,1-2H3/t12-,14?,15?,17-,18-,19+/m0/s1. The zero-order chi connectivity index (χ0) is 15.8. The van der Waals surface area contributed by atoms with Crippen LogP contribution in [0.15, 0.2) is 0 Å². The molecule has 4 aliphatic rings. The van der Waals surface area contributed by atoms with E-state index in [-0.39, 0.29) is 16.7 Å². The highest BCUT2D eigenvalue weighted by atomic mass is 16.3. The van der Waals surface area contributed by atoms with Crippen LogP contribution in [0.2, 0.25) is 0 Å². The highest BCUT2D eigenvalue weighted by Gasteiger charge is 2.66. The average Bonchev–Trinajstić information content (AvgIpc) is 2.77. The Balaban J connectivity index is 1.72. The van der Waals surface area contributed by atoms with E-state index in [9.17, 15) is 14.7 Å². The Hall–Kier alpha value is -0.700. The third kappa shape index (κ3) is 1.61. The topological polar surface area (TPSA) is 54.4 Å². The maximum atomic E-state index is 12.4. The molecule has 6 atom stereocenters. The van der Waals surface area contributed by atoms with Crippen molar-refractivity contribution in [3.63, 3.8) is 0 Å². The third-order valence-electron chi connectivity index (χ3n) is 8.38. The maximum Gasteiger partial charge on any atom is 0.139 e. The first-order valence-corrected chi connectivity index (χ1v) is 9.09. The van der Waals surface area contributed by atoms with E-state index in [1.165, 1.54) is 0 Å². The first-order valence-electron chi connectivity index (χ1n) is 9.09. The first kappa shape index (κ1) is 14.9. The highest BCUT2D eigenvalue weighted by molar-refractivity contribution is 5.87. The summed E-state index contributed by atoms with van der Waals surface area (Å²) in [4.78, 5) is 24.3. The van der Waals surface area contributed by atoms with Crippen molar-refractivity contribution in [2.45, 2.75) is 77.2 Å². The van der Waals surface area contributed by atoms with Crippen molar-refractivity contribution in [1.29, 1.82) is 0 Å². The molecule has 1 N–H and O–H groups in total. The lowest BCUT2D eigenvalue weighted by Crippen LogP contribution is -2.65. The summed E-state index contributed by atoms with van der Waals surface area (Å²) < 4.78 is 0. The van der Waals surface area contributed by atoms with E-state index in [0.717, 1.165) is 38.5 Å². The lowest BCUT2D eigenvalue weighted by Gasteiger charge is -2.64. The van der Waals surface area contributed by atoms with Crippen molar-refractivity contribution in [2.75, 3.05) is 0 Å². The van der Waals surface area contributed by atoms with E-state index in [4.69, 9.17) is 0 Å². The molecule has 4 rings (SSSR count). The van der Waals surface area contributed by atoms with Gasteiger partial charge in [0, 0.05) is 30.1 Å². The molecule has 0 aromatic carbocycles. The molecule has 22 heavy (non-hydrogen) atoms. The van der Waals surface area contributed by atoms with Gasteiger partial charge in [-0.05, 0) is 56.3 Å². The minimum absolute atomic E-state index is 0.128. The van der Waals surface area contributed by atoms with E-state index < -0.39 is 5.60 Å². The van der Waals surface area contributed by atoms with Crippen LogP contribution in [0.5, 0.6) is 0 Å². The summed E-state index contributed by atoms with van der Waals surface area (Å²) in [6, 6.07) is 0. The first-order chi connectivity index (χ1) is 10.3. The molecular formula is C19H28O3. The largest absolute Gasteiger partial charge is 0.389 e. The molecule has 0 bridgehead atoms. The molecule has 0 aliphatic heterocycles. The van der Waals surface area contributed by atoms with Gasteiger partial charge >= 0.3 is 0 Å². The Morgan fingerprint density at radius 1 is 0.955 bits per heavy atom. The van der Waals surface area contributed by atoms with Crippen LogP contribution in [0.1, 0.15) is 71.6 Å². The van der Waals surface area contributed by atoms with Crippen LogP contribution in [0, 0.1) is 28.6 Å². The molecule has 3 nitrogen and oxygen atoms in total. The van der Waals surface area contributed by atoms with E-state index in [0.29, 0.717) is 42.7 Å². The molecule has 4 aliphatic carbocycles. The summed E-state index contributed by atoms with van der Waals surface area (Å²) in [6.45, 7) is 4.38. The second kappa shape index (κ2) is 4.43. The molecule has 0 saturated heterocycles. The molecular weight excluding hydrogens is 276 g/mol.